The third-order valence-corrected chi connectivity index (χ3v) is 2.94. The Morgan fingerprint density at radius 3 is 2.89 bits per heavy atom. The number of nitrogens with one attached hydrogen (secondary N) is 1. The molecule has 1 aromatic carbocycles. The molecule has 1 heterocycles. The van der Waals surface area contributed by atoms with Crippen molar-refractivity contribution in [2.75, 3.05) is 0 Å². The fourth-order valence-corrected chi connectivity index (χ4v) is 1.95. The Bertz CT molecular complexity index is 536. The maximum absolute atomic E-state index is 11.3. The lowest BCUT2D eigenvalue weighted by Gasteiger charge is -2.15. The fourth-order valence-electron chi connectivity index (χ4n) is 1.95. The van der Waals surface area contributed by atoms with Gasteiger partial charge in [0.2, 0.25) is 5.91 Å². The van der Waals surface area contributed by atoms with E-state index in [-0.39, 0.29) is 6.04 Å². The van der Waals surface area contributed by atoms with Gasteiger partial charge in [-0.25, -0.2) is 0 Å². The maximum Gasteiger partial charge on any atom is 0.249 e. The van der Waals surface area contributed by atoms with E-state index in [0.29, 0.717) is 12.1 Å². The molecular weight excluding hydrogens is 240 g/mol. The molecule has 0 bridgehead atoms. The van der Waals surface area contributed by atoms with Crippen molar-refractivity contribution in [3.63, 3.8) is 0 Å². The summed E-state index contributed by atoms with van der Waals surface area (Å²) in [7, 11) is 0. The number of hydrogen-bond donors (Lipinski definition) is 2. The molecule has 100 valence electrons. The zero-order chi connectivity index (χ0) is 13.7. The van der Waals surface area contributed by atoms with Crippen LogP contribution in [0.25, 0.3) is 0 Å². The van der Waals surface area contributed by atoms with Crippen LogP contribution in [0, 0.1) is 0 Å². The third-order valence-electron chi connectivity index (χ3n) is 2.94. The Balaban J connectivity index is 1.93. The summed E-state index contributed by atoms with van der Waals surface area (Å²) in [6, 6.07) is 9.53. The van der Waals surface area contributed by atoms with E-state index in [1.54, 1.807) is 12.3 Å². The SMILES string of the molecule is CC(Cn1cccn1)NCc1ccccc1C(N)=O. The second kappa shape index (κ2) is 6.15. The van der Waals surface area contributed by atoms with Crippen molar-refractivity contribution in [1.29, 1.82) is 0 Å². The Labute approximate surface area is 112 Å². The first-order valence-corrected chi connectivity index (χ1v) is 6.25. The van der Waals surface area contributed by atoms with Gasteiger partial charge in [-0.15, -0.1) is 0 Å². The van der Waals surface area contributed by atoms with E-state index in [9.17, 15) is 4.79 Å². The quantitative estimate of drug-likeness (QED) is 0.816. The van der Waals surface area contributed by atoms with E-state index >= 15 is 0 Å². The number of amides is 1. The highest BCUT2D eigenvalue weighted by Gasteiger charge is 2.08. The van der Waals surface area contributed by atoms with Crippen LogP contribution in [-0.2, 0) is 13.1 Å². The summed E-state index contributed by atoms with van der Waals surface area (Å²) in [6.45, 7) is 3.47. The number of rotatable bonds is 6. The lowest BCUT2D eigenvalue weighted by atomic mass is 10.1. The standard InChI is InChI=1S/C14H18N4O/c1-11(10-18-8-4-7-17-18)16-9-12-5-2-3-6-13(12)14(15)19/h2-8,11,16H,9-10H2,1H3,(H2,15,19). The van der Waals surface area contributed by atoms with Crippen LogP contribution in [-0.4, -0.2) is 21.7 Å². The van der Waals surface area contributed by atoms with Gasteiger partial charge in [0.15, 0.2) is 0 Å². The average Bonchev–Trinajstić information content (AvgIpc) is 2.89. The van der Waals surface area contributed by atoms with Crippen LogP contribution in [0.5, 0.6) is 0 Å². The first-order valence-electron chi connectivity index (χ1n) is 6.25. The van der Waals surface area contributed by atoms with Gasteiger partial charge in [0.1, 0.15) is 0 Å². The molecule has 0 spiro atoms. The number of primary amides is 1. The van der Waals surface area contributed by atoms with Gasteiger partial charge in [-0.3, -0.25) is 9.48 Å². The van der Waals surface area contributed by atoms with Crippen molar-refractivity contribution in [2.45, 2.75) is 26.1 Å². The average molecular weight is 258 g/mol. The number of carbonyl (C=O) groups is 1. The minimum absolute atomic E-state index is 0.251. The number of aromatic nitrogens is 2. The van der Waals surface area contributed by atoms with Crippen LogP contribution in [0.4, 0.5) is 0 Å². The number of benzene rings is 1. The van der Waals surface area contributed by atoms with Gasteiger partial charge < -0.3 is 11.1 Å². The normalized spacial score (nSPS) is 12.3. The summed E-state index contributed by atoms with van der Waals surface area (Å²) in [6.07, 6.45) is 3.69. The van der Waals surface area contributed by atoms with Crippen LogP contribution in [0.3, 0.4) is 0 Å². The van der Waals surface area contributed by atoms with Crippen molar-refractivity contribution in [3.05, 3.63) is 53.9 Å². The molecule has 0 aliphatic heterocycles. The van der Waals surface area contributed by atoms with Gasteiger partial charge in [0, 0.05) is 30.5 Å². The Kier molecular flexibility index (Phi) is 4.30. The molecular formula is C14H18N4O. The van der Waals surface area contributed by atoms with Crippen molar-refractivity contribution in [3.8, 4) is 0 Å². The van der Waals surface area contributed by atoms with Crippen molar-refractivity contribution >= 4 is 5.91 Å². The molecule has 2 aromatic rings. The molecule has 0 aliphatic rings. The molecule has 2 rings (SSSR count). The van der Waals surface area contributed by atoms with E-state index in [1.165, 1.54) is 0 Å². The monoisotopic (exact) mass is 258 g/mol. The lowest BCUT2D eigenvalue weighted by molar-refractivity contribution is 0.0999. The maximum atomic E-state index is 11.3. The summed E-state index contributed by atoms with van der Waals surface area (Å²) in [5, 5.41) is 7.52. The second-order valence-corrected chi connectivity index (χ2v) is 4.53. The van der Waals surface area contributed by atoms with Gasteiger partial charge in [-0.05, 0) is 24.6 Å². The van der Waals surface area contributed by atoms with Crippen LogP contribution in [0.2, 0.25) is 0 Å². The molecule has 0 saturated carbocycles. The van der Waals surface area contributed by atoms with Crippen LogP contribution >= 0.6 is 0 Å². The van der Waals surface area contributed by atoms with Gasteiger partial charge in [-0.1, -0.05) is 18.2 Å². The topological polar surface area (TPSA) is 72.9 Å². The van der Waals surface area contributed by atoms with Crippen LogP contribution in [0.15, 0.2) is 42.7 Å². The minimum Gasteiger partial charge on any atom is -0.366 e. The van der Waals surface area contributed by atoms with Gasteiger partial charge >= 0.3 is 0 Å². The largest absolute Gasteiger partial charge is 0.366 e. The van der Waals surface area contributed by atoms with Crippen molar-refractivity contribution in [1.82, 2.24) is 15.1 Å². The molecule has 1 unspecified atom stereocenters. The third kappa shape index (κ3) is 3.66. The van der Waals surface area contributed by atoms with Crippen molar-refractivity contribution in [2.24, 2.45) is 5.73 Å². The zero-order valence-electron chi connectivity index (χ0n) is 10.9. The molecule has 0 aliphatic carbocycles. The second-order valence-electron chi connectivity index (χ2n) is 4.53. The summed E-state index contributed by atoms with van der Waals surface area (Å²) < 4.78 is 1.87. The Morgan fingerprint density at radius 2 is 2.21 bits per heavy atom. The predicted molar refractivity (Wildman–Crippen MR) is 73.5 cm³/mol. The molecule has 0 fully saturated rings. The number of nitrogens with zero attached hydrogens (tertiary/aromatic N) is 2. The predicted octanol–water partition coefficient (Wildman–Crippen LogP) is 1.16. The molecule has 0 radical (unpaired) electrons. The van der Waals surface area contributed by atoms with E-state index < -0.39 is 5.91 Å². The number of nitrogens with two attached hydrogens (primary N) is 1. The Morgan fingerprint density at radius 1 is 1.42 bits per heavy atom. The zero-order valence-corrected chi connectivity index (χ0v) is 10.9. The van der Waals surface area contributed by atoms with E-state index in [2.05, 4.69) is 17.3 Å². The first kappa shape index (κ1) is 13.3. The molecule has 0 saturated heterocycles. The van der Waals surface area contributed by atoms with Crippen LogP contribution < -0.4 is 11.1 Å². The van der Waals surface area contributed by atoms with E-state index in [4.69, 9.17) is 5.73 Å². The smallest absolute Gasteiger partial charge is 0.249 e. The fraction of sp³-hybridized carbons (Fsp3) is 0.286. The van der Waals surface area contributed by atoms with Crippen LogP contribution in [0.1, 0.15) is 22.8 Å². The summed E-state index contributed by atoms with van der Waals surface area (Å²) in [4.78, 5) is 11.3. The molecule has 5 nitrogen and oxygen atoms in total. The number of carbonyl (C=O) groups excluding carboxylic acids is 1. The first-order chi connectivity index (χ1) is 9.16. The summed E-state index contributed by atoms with van der Waals surface area (Å²) in [5.41, 5.74) is 6.84. The Hall–Kier alpha value is -2.14. The van der Waals surface area contributed by atoms with Gasteiger partial charge in [0.05, 0.1) is 6.54 Å². The highest BCUT2D eigenvalue weighted by atomic mass is 16.1. The summed E-state index contributed by atoms with van der Waals surface area (Å²) in [5.74, 6) is -0.392. The molecule has 1 atom stereocenters. The molecule has 1 amide bonds. The molecule has 1 aromatic heterocycles. The molecule has 19 heavy (non-hydrogen) atoms. The summed E-state index contributed by atoms with van der Waals surface area (Å²) >= 11 is 0. The number of hydrogen-bond acceptors (Lipinski definition) is 3. The lowest BCUT2D eigenvalue weighted by Crippen LogP contribution is -2.31. The van der Waals surface area contributed by atoms with Gasteiger partial charge in [-0.2, -0.15) is 5.10 Å². The van der Waals surface area contributed by atoms with Gasteiger partial charge in [0.25, 0.3) is 0 Å². The minimum atomic E-state index is -0.392. The van der Waals surface area contributed by atoms with E-state index in [0.717, 1.165) is 12.1 Å². The highest BCUT2D eigenvalue weighted by Crippen LogP contribution is 2.08. The van der Waals surface area contributed by atoms with E-state index in [1.807, 2.05) is 35.1 Å². The highest BCUT2D eigenvalue weighted by molar-refractivity contribution is 5.94. The van der Waals surface area contributed by atoms with Crippen molar-refractivity contribution < 1.29 is 4.79 Å². The molecule has 3 N–H and O–H groups in total. The molecule has 5 heteroatoms.